The van der Waals surface area contributed by atoms with E-state index in [0.29, 0.717) is 0 Å². The molecule has 2 heterocycles. The standard InChI is InChI=1S/C47H31N3/c1-5-30-17-19-34-20-22-37(39-23-21-32(6-1)43(30)46(34)39)28-12-14-29(15-13-28)41-26-42(36-10-4-24-48-27-36)50-47(49-41)40-25-35-9-2-7-31-16-18-33-8-3-11-38(40)45(33)44(31)35/h1-4,6-7,9-18,20-27,44H,5,8,19H2. The van der Waals surface area contributed by atoms with Crippen molar-refractivity contribution in [2.45, 2.75) is 19.3 Å². The van der Waals surface area contributed by atoms with Crippen molar-refractivity contribution in [3.05, 3.63) is 190 Å². The minimum Gasteiger partial charge on any atom is -0.264 e. The molecule has 0 fully saturated rings. The minimum atomic E-state index is 0.279. The third-order valence-electron chi connectivity index (χ3n) is 11.1. The molecule has 234 valence electrons. The van der Waals surface area contributed by atoms with E-state index < -0.39 is 0 Å². The fraction of sp³-hybridized carbons (Fsp3) is 0.0851. The molecular formula is C47H31N3. The molecule has 3 heteroatoms. The van der Waals surface area contributed by atoms with Gasteiger partial charge in [0, 0.05) is 35.0 Å². The summed E-state index contributed by atoms with van der Waals surface area (Å²) in [7, 11) is 0. The van der Waals surface area contributed by atoms with E-state index >= 15 is 0 Å². The summed E-state index contributed by atoms with van der Waals surface area (Å²) in [5, 5.41) is 2.75. The first-order valence-corrected chi connectivity index (χ1v) is 17.5. The predicted molar refractivity (Wildman–Crippen MR) is 205 cm³/mol. The zero-order valence-electron chi connectivity index (χ0n) is 27.4. The molecule has 50 heavy (non-hydrogen) atoms. The van der Waals surface area contributed by atoms with Crippen molar-refractivity contribution >= 4 is 28.0 Å². The van der Waals surface area contributed by atoms with Gasteiger partial charge in [0.25, 0.3) is 0 Å². The van der Waals surface area contributed by atoms with Gasteiger partial charge in [-0.1, -0.05) is 109 Å². The van der Waals surface area contributed by atoms with E-state index in [1.807, 2.05) is 18.5 Å². The summed E-state index contributed by atoms with van der Waals surface area (Å²) in [6, 6.07) is 24.3. The number of hydrogen-bond acceptors (Lipinski definition) is 3. The Kier molecular flexibility index (Phi) is 5.91. The van der Waals surface area contributed by atoms with Gasteiger partial charge in [-0.15, -0.1) is 0 Å². The monoisotopic (exact) mass is 637 g/mol. The van der Waals surface area contributed by atoms with Crippen LogP contribution in [0.1, 0.15) is 35.4 Å². The van der Waals surface area contributed by atoms with Crippen LogP contribution in [0, 0.1) is 5.92 Å². The fourth-order valence-electron chi connectivity index (χ4n) is 8.78. The summed E-state index contributed by atoms with van der Waals surface area (Å²) in [4.78, 5) is 15.0. The average Bonchev–Trinajstić information content (AvgIpc) is 3.19. The van der Waals surface area contributed by atoms with Crippen molar-refractivity contribution in [3.8, 4) is 33.6 Å². The summed E-state index contributed by atoms with van der Waals surface area (Å²) >= 11 is 0. The summed E-state index contributed by atoms with van der Waals surface area (Å²) < 4.78 is 0. The zero-order valence-corrected chi connectivity index (χ0v) is 27.4. The highest BCUT2D eigenvalue weighted by Crippen LogP contribution is 2.50. The molecule has 11 rings (SSSR count). The number of benzene rings is 3. The molecule has 0 bridgehead atoms. The maximum absolute atomic E-state index is 5.31. The van der Waals surface area contributed by atoms with Gasteiger partial charge in [0.1, 0.15) is 0 Å². The molecule has 6 aliphatic carbocycles. The van der Waals surface area contributed by atoms with Crippen LogP contribution in [0.3, 0.4) is 0 Å². The molecule has 0 N–H and O–H groups in total. The first kappa shape index (κ1) is 27.7. The second-order valence-corrected chi connectivity index (χ2v) is 13.9. The smallest absolute Gasteiger partial charge is 0.161 e. The van der Waals surface area contributed by atoms with Crippen LogP contribution in [-0.2, 0) is 6.42 Å². The van der Waals surface area contributed by atoms with E-state index in [4.69, 9.17) is 9.97 Å². The highest BCUT2D eigenvalue weighted by atomic mass is 14.9. The lowest BCUT2D eigenvalue weighted by molar-refractivity contribution is 0.833. The third kappa shape index (κ3) is 4.13. The van der Waals surface area contributed by atoms with E-state index in [9.17, 15) is 0 Å². The third-order valence-corrected chi connectivity index (χ3v) is 11.1. The van der Waals surface area contributed by atoms with Crippen LogP contribution in [0.5, 0.6) is 0 Å². The normalized spacial score (nSPS) is 19.0. The van der Waals surface area contributed by atoms with Gasteiger partial charge in [0.2, 0.25) is 0 Å². The fourth-order valence-corrected chi connectivity index (χ4v) is 8.78. The van der Waals surface area contributed by atoms with Gasteiger partial charge in [-0.3, -0.25) is 4.98 Å². The second-order valence-electron chi connectivity index (χ2n) is 13.9. The van der Waals surface area contributed by atoms with Crippen molar-refractivity contribution in [1.29, 1.82) is 0 Å². The molecule has 0 spiro atoms. The Morgan fingerprint density at radius 1 is 0.680 bits per heavy atom. The highest BCUT2D eigenvalue weighted by Gasteiger charge is 2.35. The maximum atomic E-state index is 5.31. The molecule has 2 aromatic heterocycles. The highest BCUT2D eigenvalue weighted by molar-refractivity contribution is 6.08. The molecule has 5 aromatic rings. The van der Waals surface area contributed by atoms with Crippen molar-refractivity contribution in [3.63, 3.8) is 0 Å². The maximum Gasteiger partial charge on any atom is 0.161 e. The average molecular weight is 638 g/mol. The Morgan fingerprint density at radius 3 is 2.44 bits per heavy atom. The van der Waals surface area contributed by atoms with Gasteiger partial charge in [-0.2, -0.15) is 0 Å². The summed E-state index contributed by atoms with van der Waals surface area (Å²) in [5.41, 5.74) is 19.7. The molecule has 0 saturated heterocycles. The topological polar surface area (TPSA) is 38.7 Å². The Hall–Kier alpha value is -6.19. The van der Waals surface area contributed by atoms with Crippen molar-refractivity contribution in [2.75, 3.05) is 0 Å². The number of pyridine rings is 1. The molecule has 3 aromatic carbocycles. The number of aromatic nitrogens is 3. The number of allylic oxidation sites excluding steroid dienone is 17. The van der Waals surface area contributed by atoms with Crippen LogP contribution in [-0.4, -0.2) is 15.0 Å². The Morgan fingerprint density at radius 2 is 1.54 bits per heavy atom. The van der Waals surface area contributed by atoms with Crippen molar-refractivity contribution in [2.24, 2.45) is 5.92 Å². The van der Waals surface area contributed by atoms with Gasteiger partial charge in [0.05, 0.1) is 11.4 Å². The molecule has 1 unspecified atom stereocenters. The lowest BCUT2D eigenvalue weighted by Crippen LogP contribution is -2.22. The molecule has 3 nitrogen and oxygen atoms in total. The van der Waals surface area contributed by atoms with Gasteiger partial charge < -0.3 is 0 Å². The van der Waals surface area contributed by atoms with Crippen molar-refractivity contribution in [1.82, 2.24) is 15.0 Å². The van der Waals surface area contributed by atoms with Crippen LogP contribution in [0.25, 0.3) is 61.6 Å². The number of hydrogen-bond donors (Lipinski definition) is 0. The van der Waals surface area contributed by atoms with Crippen LogP contribution in [0.4, 0.5) is 0 Å². The summed E-state index contributed by atoms with van der Waals surface area (Å²) in [5.74, 6) is 1.02. The lowest BCUT2D eigenvalue weighted by atomic mass is 9.67. The summed E-state index contributed by atoms with van der Waals surface area (Å²) in [6.45, 7) is 0. The largest absolute Gasteiger partial charge is 0.264 e. The first-order valence-electron chi connectivity index (χ1n) is 17.5. The zero-order chi connectivity index (χ0) is 32.8. The molecule has 1 atom stereocenters. The molecule has 6 aliphatic rings. The molecular weight excluding hydrogens is 607 g/mol. The Bertz CT molecular complexity index is 2630. The first-order chi connectivity index (χ1) is 24.8. The summed E-state index contributed by atoms with van der Waals surface area (Å²) in [6.07, 6.45) is 31.8. The van der Waals surface area contributed by atoms with Gasteiger partial charge >= 0.3 is 0 Å². The van der Waals surface area contributed by atoms with Crippen LogP contribution in [0.2, 0.25) is 0 Å². The van der Waals surface area contributed by atoms with E-state index in [0.717, 1.165) is 53.2 Å². The van der Waals surface area contributed by atoms with E-state index in [1.54, 1.807) is 0 Å². The van der Waals surface area contributed by atoms with Crippen LogP contribution < -0.4 is 0 Å². The van der Waals surface area contributed by atoms with Crippen LogP contribution in [0.15, 0.2) is 168 Å². The second kappa shape index (κ2) is 10.7. The lowest BCUT2D eigenvalue weighted by Gasteiger charge is -2.36. The number of rotatable bonds is 4. The number of nitrogens with zero attached hydrogens (tertiary/aromatic N) is 3. The Labute approximate surface area is 291 Å². The molecule has 0 radical (unpaired) electrons. The van der Waals surface area contributed by atoms with Gasteiger partial charge in [-0.25, -0.2) is 9.97 Å². The molecule has 0 aliphatic heterocycles. The predicted octanol–water partition coefficient (Wildman–Crippen LogP) is 11.0. The SMILES string of the molecule is C1=CC2=CC=C3CC=CC4=C3C2C(=C1)C=C4c1nc(-c2ccc(-c3ccc4c5c6c(ccc35)C=CCC6=CC4)cc2)cc(-c2cccnc2)n1. The van der Waals surface area contributed by atoms with E-state index in [-0.39, 0.29) is 5.92 Å². The van der Waals surface area contributed by atoms with Gasteiger partial charge in [-0.05, 0) is 116 Å². The van der Waals surface area contributed by atoms with Crippen LogP contribution >= 0.6 is 0 Å². The quantitative estimate of drug-likeness (QED) is 0.197. The van der Waals surface area contributed by atoms with Gasteiger partial charge in [0.15, 0.2) is 5.82 Å². The van der Waals surface area contributed by atoms with E-state index in [2.05, 4.69) is 132 Å². The van der Waals surface area contributed by atoms with E-state index in [1.165, 1.54) is 72.0 Å². The molecule has 0 saturated carbocycles. The molecule has 0 amide bonds. The van der Waals surface area contributed by atoms with Crippen molar-refractivity contribution < 1.29 is 0 Å². The Balaban J connectivity index is 1.05. The minimum absolute atomic E-state index is 0.279.